The summed E-state index contributed by atoms with van der Waals surface area (Å²) in [4.78, 5) is 46.0. The van der Waals surface area contributed by atoms with E-state index in [-0.39, 0.29) is 30.0 Å². The van der Waals surface area contributed by atoms with E-state index >= 15 is 0 Å². The Bertz CT molecular complexity index is 1210. The normalized spacial score (nSPS) is 18.9. The summed E-state index contributed by atoms with van der Waals surface area (Å²) in [7, 11) is 0. The lowest BCUT2D eigenvalue weighted by Crippen LogP contribution is -2.56. The maximum absolute atomic E-state index is 12.9. The zero-order chi connectivity index (χ0) is 28.9. The van der Waals surface area contributed by atoms with E-state index in [1.165, 1.54) is 4.57 Å². The molecule has 1 aromatic heterocycles. The minimum absolute atomic E-state index is 0.0906. The first-order valence-electron chi connectivity index (χ1n) is 14.2. The quantitative estimate of drug-likeness (QED) is 0.502. The van der Waals surface area contributed by atoms with Crippen molar-refractivity contribution in [2.24, 2.45) is 5.92 Å². The van der Waals surface area contributed by atoms with Gasteiger partial charge in [0.15, 0.2) is 0 Å². The van der Waals surface area contributed by atoms with Crippen LogP contribution in [0.15, 0.2) is 41.3 Å². The highest BCUT2D eigenvalue weighted by Crippen LogP contribution is 2.17. The van der Waals surface area contributed by atoms with E-state index in [9.17, 15) is 14.4 Å². The van der Waals surface area contributed by atoms with Gasteiger partial charge in [0.1, 0.15) is 11.4 Å². The molecule has 4 rings (SSSR count). The molecule has 2 aliphatic rings. The summed E-state index contributed by atoms with van der Waals surface area (Å²) in [6.45, 7) is 14.4. The third-order valence-electron chi connectivity index (χ3n) is 7.28. The number of piperidine rings is 1. The smallest absolute Gasteiger partial charge is 0.407 e. The van der Waals surface area contributed by atoms with E-state index in [2.05, 4.69) is 39.7 Å². The highest BCUT2D eigenvalue weighted by atomic mass is 16.6. The summed E-state index contributed by atoms with van der Waals surface area (Å²) in [5.41, 5.74) is 0.897. The summed E-state index contributed by atoms with van der Waals surface area (Å²) in [6.07, 6.45) is 3.02. The number of nitrogens with one attached hydrogen (secondary N) is 3. The summed E-state index contributed by atoms with van der Waals surface area (Å²) in [5.74, 6) is 0.559. The Morgan fingerprint density at radius 1 is 1.10 bits per heavy atom. The van der Waals surface area contributed by atoms with Gasteiger partial charge in [-0.2, -0.15) is 4.98 Å². The Kier molecular flexibility index (Phi) is 9.47. The molecular formula is C29H43N7O4. The van der Waals surface area contributed by atoms with Crippen LogP contribution < -0.4 is 21.6 Å². The van der Waals surface area contributed by atoms with Gasteiger partial charge in [-0.15, -0.1) is 0 Å². The number of carbonyl (C=O) groups is 2. The van der Waals surface area contributed by atoms with Crippen LogP contribution in [0, 0.1) is 5.92 Å². The molecule has 3 amide bonds. The lowest BCUT2D eigenvalue weighted by molar-refractivity contribution is 0.0477. The van der Waals surface area contributed by atoms with Gasteiger partial charge < -0.3 is 20.3 Å². The molecule has 0 spiro atoms. The molecule has 11 nitrogen and oxygen atoms in total. The predicted molar refractivity (Wildman–Crippen MR) is 155 cm³/mol. The number of hydrogen-bond acceptors (Lipinski definition) is 7. The molecule has 2 aromatic rings. The number of anilines is 1. The van der Waals surface area contributed by atoms with Crippen LogP contribution in [0.4, 0.5) is 15.4 Å². The summed E-state index contributed by atoms with van der Waals surface area (Å²) >= 11 is 0. The Labute approximate surface area is 236 Å². The molecule has 2 aliphatic heterocycles. The van der Waals surface area contributed by atoms with Crippen LogP contribution in [-0.2, 0) is 11.3 Å². The Morgan fingerprint density at radius 2 is 1.80 bits per heavy atom. The standard InChI is InChI=1S/C29H43N7O4/c1-20(2)24-18-30-13-17-36(24)27(38)33-25-12-16-35(26(37)32-25)23-8-6-21(7-9-23)19-34-14-10-22(11-15-34)31-28(39)40-29(3,4)5/h6-9,12,16,20,22,24,30H,10-11,13-15,17-19H2,1-5H3,(H,31,39)(H,32,33,37,38)/t24-/m1/s1. The number of hydrogen-bond donors (Lipinski definition) is 3. The predicted octanol–water partition coefficient (Wildman–Crippen LogP) is 3.18. The van der Waals surface area contributed by atoms with E-state index in [1.54, 1.807) is 12.3 Å². The van der Waals surface area contributed by atoms with Crippen molar-refractivity contribution in [1.29, 1.82) is 0 Å². The number of nitrogens with zero attached hydrogens (tertiary/aromatic N) is 4. The van der Waals surface area contributed by atoms with Gasteiger partial charge in [0.2, 0.25) is 0 Å². The van der Waals surface area contributed by atoms with Gasteiger partial charge in [0.05, 0.1) is 5.69 Å². The maximum Gasteiger partial charge on any atom is 0.407 e. The molecule has 0 aliphatic carbocycles. The molecule has 0 bridgehead atoms. The Morgan fingerprint density at radius 3 is 2.42 bits per heavy atom. The summed E-state index contributed by atoms with van der Waals surface area (Å²) in [5, 5.41) is 9.10. The van der Waals surface area contributed by atoms with Gasteiger partial charge in [0, 0.05) is 57.5 Å². The van der Waals surface area contributed by atoms with Crippen LogP contribution in [0.25, 0.3) is 5.69 Å². The molecule has 40 heavy (non-hydrogen) atoms. The van der Waals surface area contributed by atoms with Crippen LogP contribution >= 0.6 is 0 Å². The number of amides is 3. The fourth-order valence-corrected chi connectivity index (χ4v) is 5.15. The summed E-state index contributed by atoms with van der Waals surface area (Å²) < 4.78 is 6.83. The lowest BCUT2D eigenvalue weighted by Gasteiger charge is -2.38. The number of ether oxygens (including phenoxy) is 1. The Hall–Kier alpha value is -3.44. The number of benzene rings is 1. The monoisotopic (exact) mass is 553 g/mol. The second-order valence-electron chi connectivity index (χ2n) is 12.0. The first-order chi connectivity index (χ1) is 19.0. The largest absolute Gasteiger partial charge is 0.444 e. The van der Waals surface area contributed by atoms with Gasteiger partial charge in [-0.3, -0.25) is 14.8 Å². The van der Waals surface area contributed by atoms with Gasteiger partial charge in [-0.1, -0.05) is 26.0 Å². The zero-order valence-corrected chi connectivity index (χ0v) is 24.3. The van der Waals surface area contributed by atoms with E-state index in [1.807, 2.05) is 49.9 Å². The van der Waals surface area contributed by atoms with E-state index < -0.39 is 11.3 Å². The second kappa shape index (κ2) is 12.8. The minimum Gasteiger partial charge on any atom is -0.444 e. The van der Waals surface area contributed by atoms with Crippen molar-refractivity contribution in [3.05, 3.63) is 52.6 Å². The third-order valence-corrected chi connectivity index (χ3v) is 7.28. The van der Waals surface area contributed by atoms with Crippen molar-refractivity contribution in [3.8, 4) is 5.69 Å². The van der Waals surface area contributed by atoms with Crippen LogP contribution in [0.5, 0.6) is 0 Å². The summed E-state index contributed by atoms with van der Waals surface area (Å²) in [6, 6.07) is 9.46. The van der Waals surface area contributed by atoms with Crippen molar-refractivity contribution < 1.29 is 14.3 Å². The van der Waals surface area contributed by atoms with Crippen molar-refractivity contribution in [2.45, 2.75) is 71.7 Å². The third kappa shape index (κ3) is 8.04. The molecule has 11 heteroatoms. The molecule has 0 radical (unpaired) electrons. The van der Waals surface area contributed by atoms with Crippen molar-refractivity contribution in [2.75, 3.05) is 38.0 Å². The molecule has 218 valence electrons. The SMILES string of the molecule is CC(C)[C@H]1CNCCN1C(=O)Nc1ccn(-c2ccc(CN3CCC(NC(=O)OC(C)(C)C)CC3)cc2)c(=O)n1. The van der Waals surface area contributed by atoms with Crippen LogP contribution in [0.1, 0.15) is 53.0 Å². The number of aromatic nitrogens is 2. The molecule has 0 saturated carbocycles. The highest BCUT2D eigenvalue weighted by Gasteiger charge is 2.29. The van der Waals surface area contributed by atoms with E-state index in [0.29, 0.717) is 18.2 Å². The molecule has 2 saturated heterocycles. The van der Waals surface area contributed by atoms with E-state index in [4.69, 9.17) is 4.74 Å². The van der Waals surface area contributed by atoms with Crippen LogP contribution in [0.3, 0.4) is 0 Å². The number of piperazine rings is 1. The first-order valence-corrected chi connectivity index (χ1v) is 14.2. The molecular weight excluding hydrogens is 510 g/mol. The molecule has 1 aromatic carbocycles. The van der Waals surface area contributed by atoms with E-state index in [0.717, 1.165) is 51.1 Å². The molecule has 3 N–H and O–H groups in total. The average molecular weight is 554 g/mol. The molecule has 3 heterocycles. The van der Waals surface area contributed by atoms with Crippen molar-refractivity contribution in [1.82, 2.24) is 30.0 Å². The van der Waals surface area contributed by atoms with Crippen LogP contribution in [-0.4, -0.2) is 81.9 Å². The van der Waals surface area contributed by atoms with Gasteiger partial charge in [-0.05, 0) is 63.3 Å². The van der Waals surface area contributed by atoms with Gasteiger partial charge in [0.25, 0.3) is 0 Å². The molecule has 0 unspecified atom stereocenters. The number of alkyl carbamates (subject to hydrolysis) is 1. The minimum atomic E-state index is -0.502. The number of urea groups is 1. The van der Waals surface area contributed by atoms with Crippen molar-refractivity contribution in [3.63, 3.8) is 0 Å². The lowest BCUT2D eigenvalue weighted by atomic mass is 10.0. The molecule has 1 atom stereocenters. The number of rotatable bonds is 6. The first kappa shape index (κ1) is 29.5. The van der Waals surface area contributed by atoms with Gasteiger partial charge in [-0.25, -0.2) is 14.4 Å². The molecule has 2 fully saturated rings. The van der Waals surface area contributed by atoms with Crippen molar-refractivity contribution >= 4 is 17.9 Å². The number of carbonyl (C=O) groups excluding carboxylic acids is 2. The fourth-order valence-electron chi connectivity index (χ4n) is 5.15. The number of likely N-dealkylation sites (tertiary alicyclic amines) is 1. The maximum atomic E-state index is 12.9. The zero-order valence-electron chi connectivity index (χ0n) is 24.3. The highest BCUT2D eigenvalue weighted by molar-refractivity contribution is 5.88. The topological polar surface area (TPSA) is 121 Å². The van der Waals surface area contributed by atoms with Crippen LogP contribution in [0.2, 0.25) is 0 Å². The van der Waals surface area contributed by atoms with Gasteiger partial charge >= 0.3 is 17.8 Å². The Balaban J connectivity index is 1.29. The average Bonchev–Trinajstić information content (AvgIpc) is 2.89. The fraction of sp³-hybridized carbons (Fsp3) is 0.586. The second-order valence-corrected chi connectivity index (χ2v) is 12.0.